The Labute approximate surface area is 149 Å². The van der Waals surface area contributed by atoms with Gasteiger partial charge in [0.2, 0.25) is 5.91 Å². The predicted octanol–water partition coefficient (Wildman–Crippen LogP) is 3.70. The Morgan fingerprint density at radius 3 is 2.50 bits per heavy atom. The summed E-state index contributed by atoms with van der Waals surface area (Å²) in [4.78, 5) is 25.4. The summed E-state index contributed by atoms with van der Waals surface area (Å²) in [6, 6.07) is 12.2. The first-order chi connectivity index (χ1) is 11.5. The Hall–Kier alpha value is -2.24. The van der Waals surface area contributed by atoms with E-state index >= 15 is 0 Å². The first kappa shape index (κ1) is 16.6. The zero-order valence-electron chi connectivity index (χ0n) is 12.7. The van der Waals surface area contributed by atoms with Gasteiger partial charge < -0.3 is 10.6 Å². The number of benzene rings is 2. The first-order valence-electron chi connectivity index (χ1n) is 7.42. The normalized spacial score (nSPS) is 13.8. The molecule has 0 spiro atoms. The standard InChI is InChI=1S/C17H15Cl2N3O2/c18-14-6-1-11(9-15(14)19)10-16(23)21-12-2-4-13(5-3-12)22-8-7-20-17(22)24/h1-6,9H,7-8,10H2,(H,20,24)(H,21,23). The minimum atomic E-state index is -0.153. The van der Waals surface area contributed by atoms with Crippen molar-refractivity contribution < 1.29 is 9.59 Å². The molecule has 2 aromatic carbocycles. The Morgan fingerprint density at radius 1 is 1.12 bits per heavy atom. The smallest absolute Gasteiger partial charge is 0.321 e. The van der Waals surface area contributed by atoms with Crippen LogP contribution in [0.3, 0.4) is 0 Å². The van der Waals surface area contributed by atoms with Crippen LogP contribution in [0.5, 0.6) is 0 Å². The highest BCUT2D eigenvalue weighted by molar-refractivity contribution is 6.42. The van der Waals surface area contributed by atoms with Gasteiger partial charge in [0.15, 0.2) is 0 Å². The molecule has 0 unspecified atom stereocenters. The van der Waals surface area contributed by atoms with E-state index in [9.17, 15) is 9.59 Å². The molecule has 3 rings (SSSR count). The van der Waals surface area contributed by atoms with Gasteiger partial charge in [-0.15, -0.1) is 0 Å². The molecule has 24 heavy (non-hydrogen) atoms. The molecular weight excluding hydrogens is 349 g/mol. The summed E-state index contributed by atoms with van der Waals surface area (Å²) in [7, 11) is 0. The number of urea groups is 1. The van der Waals surface area contributed by atoms with Crippen LogP contribution < -0.4 is 15.5 Å². The van der Waals surface area contributed by atoms with Crippen LogP contribution in [0.15, 0.2) is 42.5 Å². The maximum absolute atomic E-state index is 12.1. The number of hydrogen-bond acceptors (Lipinski definition) is 2. The van der Waals surface area contributed by atoms with Crippen LogP contribution in [0, 0.1) is 0 Å². The number of nitrogens with zero attached hydrogens (tertiary/aromatic N) is 1. The van der Waals surface area contributed by atoms with E-state index in [1.54, 1.807) is 47.4 Å². The molecule has 5 nitrogen and oxygen atoms in total. The zero-order chi connectivity index (χ0) is 17.1. The van der Waals surface area contributed by atoms with Crippen LogP contribution in [0.25, 0.3) is 0 Å². The minimum Gasteiger partial charge on any atom is -0.336 e. The molecule has 7 heteroatoms. The molecule has 0 aliphatic carbocycles. The third-order valence-electron chi connectivity index (χ3n) is 3.67. The number of nitrogens with one attached hydrogen (secondary N) is 2. The highest BCUT2D eigenvalue weighted by atomic mass is 35.5. The summed E-state index contributed by atoms with van der Waals surface area (Å²) in [5.41, 5.74) is 2.25. The lowest BCUT2D eigenvalue weighted by Crippen LogP contribution is -2.27. The van der Waals surface area contributed by atoms with Crippen molar-refractivity contribution in [3.63, 3.8) is 0 Å². The fraction of sp³-hybridized carbons (Fsp3) is 0.176. The molecule has 0 bridgehead atoms. The summed E-state index contributed by atoms with van der Waals surface area (Å²) in [5.74, 6) is -0.153. The molecule has 0 radical (unpaired) electrons. The van der Waals surface area contributed by atoms with Gasteiger partial charge in [-0.25, -0.2) is 4.79 Å². The SMILES string of the molecule is O=C(Cc1ccc(Cl)c(Cl)c1)Nc1ccc(N2CCNC2=O)cc1. The Bertz CT molecular complexity index is 778. The van der Waals surface area contributed by atoms with Crippen LogP contribution in [0.4, 0.5) is 16.2 Å². The molecular formula is C17H15Cl2N3O2. The van der Waals surface area contributed by atoms with Gasteiger partial charge in [0.1, 0.15) is 0 Å². The number of rotatable bonds is 4. The fourth-order valence-corrected chi connectivity index (χ4v) is 2.80. The van der Waals surface area contributed by atoms with Crippen LogP contribution in [0.1, 0.15) is 5.56 Å². The lowest BCUT2D eigenvalue weighted by atomic mass is 10.1. The van der Waals surface area contributed by atoms with E-state index < -0.39 is 0 Å². The minimum absolute atomic E-state index is 0.105. The Balaban J connectivity index is 1.62. The number of carbonyl (C=O) groups is 2. The third kappa shape index (κ3) is 3.80. The third-order valence-corrected chi connectivity index (χ3v) is 4.41. The van der Waals surface area contributed by atoms with Crippen LogP contribution >= 0.6 is 23.2 Å². The van der Waals surface area contributed by atoms with Gasteiger partial charge in [0, 0.05) is 24.5 Å². The van der Waals surface area contributed by atoms with E-state index in [1.807, 2.05) is 0 Å². The zero-order valence-corrected chi connectivity index (χ0v) is 14.2. The van der Waals surface area contributed by atoms with Crippen molar-refractivity contribution in [1.82, 2.24) is 5.32 Å². The lowest BCUT2D eigenvalue weighted by molar-refractivity contribution is -0.115. The topological polar surface area (TPSA) is 61.4 Å². The molecule has 124 valence electrons. The van der Waals surface area contributed by atoms with Crippen molar-refractivity contribution in [2.75, 3.05) is 23.3 Å². The van der Waals surface area contributed by atoms with E-state index in [0.29, 0.717) is 28.8 Å². The van der Waals surface area contributed by atoms with E-state index in [0.717, 1.165) is 11.3 Å². The van der Waals surface area contributed by atoms with Gasteiger partial charge in [-0.2, -0.15) is 0 Å². The highest BCUT2D eigenvalue weighted by Gasteiger charge is 2.20. The number of amides is 3. The van der Waals surface area contributed by atoms with Crippen molar-refractivity contribution >= 4 is 46.5 Å². The van der Waals surface area contributed by atoms with Crippen molar-refractivity contribution in [3.8, 4) is 0 Å². The highest BCUT2D eigenvalue weighted by Crippen LogP contribution is 2.23. The van der Waals surface area contributed by atoms with Gasteiger partial charge in [0.25, 0.3) is 0 Å². The van der Waals surface area contributed by atoms with E-state index in [-0.39, 0.29) is 18.4 Å². The number of anilines is 2. The average Bonchev–Trinajstić information content (AvgIpc) is 2.98. The maximum Gasteiger partial charge on any atom is 0.321 e. The first-order valence-corrected chi connectivity index (χ1v) is 8.18. The number of hydrogen-bond donors (Lipinski definition) is 2. The summed E-state index contributed by atoms with van der Waals surface area (Å²) >= 11 is 11.8. The molecule has 3 amide bonds. The quantitative estimate of drug-likeness (QED) is 0.869. The van der Waals surface area contributed by atoms with Crippen molar-refractivity contribution in [3.05, 3.63) is 58.1 Å². The van der Waals surface area contributed by atoms with Crippen LogP contribution in [0.2, 0.25) is 10.0 Å². The summed E-state index contributed by atoms with van der Waals surface area (Å²) < 4.78 is 0. The monoisotopic (exact) mass is 363 g/mol. The van der Waals surface area contributed by atoms with Gasteiger partial charge in [0.05, 0.1) is 16.5 Å². The van der Waals surface area contributed by atoms with E-state index in [1.165, 1.54) is 0 Å². The van der Waals surface area contributed by atoms with Gasteiger partial charge in [-0.05, 0) is 42.0 Å². The molecule has 2 aromatic rings. The lowest BCUT2D eigenvalue weighted by Gasteiger charge is -2.14. The van der Waals surface area contributed by atoms with Gasteiger partial charge >= 0.3 is 6.03 Å². The average molecular weight is 364 g/mol. The molecule has 2 N–H and O–H groups in total. The number of carbonyl (C=O) groups excluding carboxylic acids is 2. The summed E-state index contributed by atoms with van der Waals surface area (Å²) in [6.45, 7) is 1.28. The van der Waals surface area contributed by atoms with Crippen LogP contribution in [-0.2, 0) is 11.2 Å². The molecule has 0 saturated carbocycles. The maximum atomic E-state index is 12.1. The molecule has 1 aliphatic rings. The summed E-state index contributed by atoms with van der Waals surface area (Å²) in [6.07, 6.45) is 0.202. The van der Waals surface area contributed by atoms with Crippen molar-refractivity contribution in [1.29, 1.82) is 0 Å². The van der Waals surface area contributed by atoms with Crippen molar-refractivity contribution in [2.24, 2.45) is 0 Å². The van der Waals surface area contributed by atoms with Crippen LogP contribution in [-0.4, -0.2) is 25.0 Å². The van der Waals surface area contributed by atoms with E-state index in [2.05, 4.69) is 10.6 Å². The molecule has 1 fully saturated rings. The van der Waals surface area contributed by atoms with Gasteiger partial charge in [-0.1, -0.05) is 29.3 Å². The Morgan fingerprint density at radius 2 is 1.88 bits per heavy atom. The predicted molar refractivity (Wildman–Crippen MR) is 96.0 cm³/mol. The molecule has 0 atom stereocenters. The molecule has 1 aliphatic heterocycles. The molecule has 1 saturated heterocycles. The second-order valence-electron chi connectivity index (χ2n) is 5.40. The second kappa shape index (κ2) is 7.11. The largest absolute Gasteiger partial charge is 0.336 e. The van der Waals surface area contributed by atoms with E-state index in [4.69, 9.17) is 23.2 Å². The van der Waals surface area contributed by atoms with Crippen molar-refractivity contribution in [2.45, 2.75) is 6.42 Å². The second-order valence-corrected chi connectivity index (χ2v) is 6.22. The number of halogens is 2. The molecule has 0 aromatic heterocycles. The van der Waals surface area contributed by atoms with Gasteiger partial charge in [-0.3, -0.25) is 9.69 Å². The Kier molecular flexibility index (Phi) is 4.92. The fourth-order valence-electron chi connectivity index (χ4n) is 2.48. The molecule has 1 heterocycles. The summed E-state index contributed by atoms with van der Waals surface area (Å²) in [5, 5.41) is 6.45.